The summed E-state index contributed by atoms with van der Waals surface area (Å²) >= 11 is 4.83. The number of hydrogen-bond acceptors (Lipinski definition) is 9. The SMILES string of the molecule is CCOC(=O)C1=C(C)N=c2s/c(=C/c3cc(-c4ccccc4)n(-c4ccc(Br)cc4)c3-c3ccccc3)c(=O)n2[C@@H]1c1ccc(OCC(=O)OC)c(OCC)c1. The fraction of sp³-hybridized carbons (Fsp3) is 0.182. The second-order valence-electron chi connectivity index (χ2n) is 12.7. The number of allylic oxidation sites excluding steroid dienone is 1. The van der Waals surface area contributed by atoms with Gasteiger partial charge in [-0.1, -0.05) is 94.0 Å². The van der Waals surface area contributed by atoms with Crippen molar-refractivity contribution in [2.24, 2.45) is 4.99 Å². The van der Waals surface area contributed by atoms with E-state index in [4.69, 9.17) is 23.9 Å². The average Bonchev–Trinajstić information content (AvgIpc) is 3.74. The molecule has 1 atom stereocenters. The quantitative estimate of drug-likeness (QED) is 0.117. The van der Waals surface area contributed by atoms with Crippen LogP contribution in [0.2, 0.25) is 0 Å². The summed E-state index contributed by atoms with van der Waals surface area (Å²) in [5, 5.41) is 0. The van der Waals surface area contributed by atoms with Crippen LogP contribution >= 0.6 is 27.3 Å². The van der Waals surface area contributed by atoms with Crippen LogP contribution in [0.4, 0.5) is 0 Å². The predicted octanol–water partition coefficient (Wildman–Crippen LogP) is 7.64. The predicted molar refractivity (Wildman–Crippen MR) is 220 cm³/mol. The van der Waals surface area contributed by atoms with Crippen molar-refractivity contribution in [3.05, 3.63) is 156 Å². The van der Waals surface area contributed by atoms with Gasteiger partial charge >= 0.3 is 11.9 Å². The Morgan fingerprint density at radius 1 is 0.857 bits per heavy atom. The molecule has 0 spiro atoms. The lowest BCUT2D eigenvalue weighted by Crippen LogP contribution is -2.40. The molecule has 0 saturated carbocycles. The lowest BCUT2D eigenvalue weighted by molar-refractivity contribution is -0.143. The number of fused-ring (bicyclic) bond motifs is 1. The molecule has 3 heterocycles. The van der Waals surface area contributed by atoms with Gasteiger partial charge in [0.25, 0.3) is 5.56 Å². The number of benzene rings is 4. The number of esters is 2. The molecule has 56 heavy (non-hydrogen) atoms. The number of thiazole rings is 1. The van der Waals surface area contributed by atoms with E-state index in [-0.39, 0.29) is 24.3 Å². The molecule has 0 radical (unpaired) electrons. The van der Waals surface area contributed by atoms with Crippen molar-refractivity contribution in [3.8, 4) is 39.7 Å². The van der Waals surface area contributed by atoms with Crippen LogP contribution < -0.4 is 24.4 Å². The number of hydrogen-bond donors (Lipinski definition) is 0. The van der Waals surface area contributed by atoms with Crippen LogP contribution in [-0.4, -0.2) is 48.0 Å². The Balaban J connectivity index is 1.46. The van der Waals surface area contributed by atoms with Crippen LogP contribution in [0.25, 0.3) is 34.3 Å². The first-order chi connectivity index (χ1) is 27.2. The van der Waals surface area contributed by atoms with Gasteiger partial charge in [0.2, 0.25) is 0 Å². The number of carbonyl (C=O) groups excluding carboxylic acids is 2. The van der Waals surface area contributed by atoms with Crippen LogP contribution in [-0.2, 0) is 19.1 Å². The van der Waals surface area contributed by atoms with E-state index in [0.717, 1.165) is 38.2 Å². The maximum atomic E-state index is 14.8. The van der Waals surface area contributed by atoms with E-state index < -0.39 is 18.0 Å². The van der Waals surface area contributed by atoms with Crippen LogP contribution in [0, 0.1) is 0 Å². The fourth-order valence-electron chi connectivity index (χ4n) is 6.74. The molecule has 0 bridgehead atoms. The van der Waals surface area contributed by atoms with Crippen LogP contribution in [0.15, 0.2) is 135 Å². The molecule has 0 amide bonds. The maximum absolute atomic E-state index is 14.8. The summed E-state index contributed by atoms with van der Waals surface area (Å²) in [6.45, 7) is 5.41. The lowest BCUT2D eigenvalue weighted by Gasteiger charge is -2.25. The van der Waals surface area contributed by atoms with Crippen LogP contribution in [0.1, 0.15) is 37.9 Å². The van der Waals surface area contributed by atoms with E-state index in [1.807, 2.05) is 61.5 Å². The molecule has 0 unspecified atom stereocenters. The highest BCUT2D eigenvalue weighted by Crippen LogP contribution is 2.38. The number of halogens is 1. The van der Waals surface area contributed by atoms with Crippen molar-refractivity contribution >= 4 is 45.3 Å². The van der Waals surface area contributed by atoms with Gasteiger partial charge in [-0.15, -0.1) is 0 Å². The molecule has 12 heteroatoms. The number of methoxy groups -OCH3 is 1. The van der Waals surface area contributed by atoms with Gasteiger partial charge in [-0.05, 0) is 86.0 Å². The number of nitrogens with zero attached hydrogens (tertiary/aromatic N) is 3. The first kappa shape index (κ1) is 38.3. The van der Waals surface area contributed by atoms with E-state index in [2.05, 4.69) is 63.0 Å². The van der Waals surface area contributed by atoms with Gasteiger partial charge < -0.3 is 23.5 Å². The van der Waals surface area contributed by atoms with Crippen LogP contribution in [0.5, 0.6) is 11.5 Å². The number of rotatable bonds is 12. The highest BCUT2D eigenvalue weighted by molar-refractivity contribution is 9.10. The molecule has 0 aliphatic carbocycles. The Morgan fingerprint density at radius 3 is 2.21 bits per heavy atom. The summed E-state index contributed by atoms with van der Waals surface area (Å²) in [6.07, 6.45) is 1.91. The Labute approximate surface area is 335 Å². The third kappa shape index (κ3) is 7.62. The molecule has 0 saturated heterocycles. The molecule has 0 fully saturated rings. The summed E-state index contributed by atoms with van der Waals surface area (Å²) in [5.74, 6) is -0.485. The third-order valence-electron chi connectivity index (χ3n) is 9.19. The Hall–Kier alpha value is -5.98. The molecule has 284 valence electrons. The monoisotopic (exact) mass is 831 g/mol. The molecule has 2 aromatic heterocycles. The third-order valence-corrected chi connectivity index (χ3v) is 10.7. The van der Waals surface area contributed by atoms with Crippen molar-refractivity contribution < 1.29 is 28.5 Å². The van der Waals surface area contributed by atoms with Crippen molar-refractivity contribution in [1.29, 1.82) is 0 Å². The maximum Gasteiger partial charge on any atom is 0.343 e. The molecular weight excluding hydrogens is 794 g/mol. The number of aromatic nitrogens is 2. The Kier molecular flexibility index (Phi) is 11.5. The summed E-state index contributed by atoms with van der Waals surface area (Å²) in [4.78, 5) is 45.6. The minimum atomic E-state index is -0.901. The highest BCUT2D eigenvalue weighted by Gasteiger charge is 2.34. The summed E-state index contributed by atoms with van der Waals surface area (Å²) in [6, 6.07) is 34.7. The van der Waals surface area contributed by atoms with E-state index in [0.29, 0.717) is 38.7 Å². The van der Waals surface area contributed by atoms with Gasteiger partial charge in [-0.25, -0.2) is 14.6 Å². The summed E-state index contributed by atoms with van der Waals surface area (Å²) in [7, 11) is 1.28. The number of ether oxygens (including phenoxy) is 4. The summed E-state index contributed by atoms with van der Waals surface area (Å²) < 4.78 is 27.0. The van der Waals surface area contributed by atoms with Crippen LogP contribution in [0.3, 0.4) is 0 Å². The average molecular weight is 833 g/mol. The molecule has 1 aliphatic rings. The van der Waals surface area contributed by atoms with E-state index in [9.17, 15) is 14.4 Å². The topological polar surface area (TPSA) is 110 Å². The van der Waals surface area contributed by atoms with Gasteiger partial charge in [0.05, 0.1) is 53.6 Å². The van der Waals surface area contributed by atoms with Crippen molar-refractivity contribution in [2.45, 2.75) is 26.8 Å². The molecular formula is C44H38BrN3O7S. The highest BCUT2D eigenvalue weighted by atomic mass is 79.9. The van der Waals surface area contributed by atoms with Gasteiger partial charge in [0.15, 0.2) is 22.9 Å². The normalized spacial score (nSPS) is 13.9. The largest absolute Gasteiger partial charge is 0.490 e. The molecule has 6 aromatic rings. The lowest BCUT2D eigenvalue weighted by atomic mass is 9.95. The minimum Gasteiger partial charge on any atom is -0.490 e. The zero-order valence-corrected chi connectivity index (χ0v) is 33.6. The van der Waals surface area contributed by atoms with Gasteiger partial charge in [0.1, 0.15) is 0 Å². The molecule has 0 N–H and O–H groups in total. The minimum absolute atomic E-state index is 0.138. The van der Waals surface area contributed by atoms with Crippen molar-refractivity contribution in [3.63, 3.8) is 0 Å². The Bertz CT molecular complexity index is 2630. The first-order valence-electron chi connectivity index (χ1n) is 18.0. The van der Waals surface area contributed by atoms with E-state index in [1.54, 1.807) is 36.6 Å². The smallest absolute Gasteiger partial charge is 0.343 e. The van der Waals surface area contributed by atoms with Gasteiger partial charge in [-0.3, -0.25) is 9.36 Å². The zero-order chi connectivity index (χ0) is 39.3. The van der Waals surface area contributed by atoms with Crippen molar-refractivity contribution in [2.75, 3.05) is 26.9 Å². The standard InChI is InChI=1S/C44H38BrN3O7S/c1-5-53-36-24-30(17-22-35(36)55-26-38(49)52-4)41-39(43(51)54-6-2)27(3)46-44-48(41)42(50)37(56-44)25-31-23-34(28-13-9-7-10-14-28)47(33-20-18-32(45)19-21-33)40(31)29-15-11-8-12-16-29/h7-25,41H,5-6,26H2,1-4H3/b37-25+/t41-/m1/s1. The molecule has 10 nitrogen and oxygen atoms in total. The van der Waals surface area contributed by atoms with E-state index >= 15 is 0 Å². The molecule has 7 rings (SSSR count). The zero-order valence-electron chi connectivity index (χ0n) is 31.2. The van der Waals surface area contributed by atoms with Gasteiger partial charge in [-0.2, -0.15) is 0 Å². The van der Waals surface area contributed by atoms with Gasteiger partial charge in [0, 0.05) is 15.7 Å². The Morgan fingerprint density at radius 2 is 1.55 bits per heavy atom. The second kappa shape index (κ2) is 16.8. The molecule has 1 aliphatic heterocycles. The number of carbonyl (C=O) groups is 2. The van der Waals surface area contributed by atoms with Crippen molar-refractivity contribution in [1.82, 2.24) is 9.13 Å². The first-order valence-corrected chi connectivity index (χ1v) is 19.6. The summed E-state index contributed by atoms with van der Waals surface area (Å²) in [5.41, 5.74) is 6.51. The fourth-order valence-corrected chi connectivity index (χ4v) is 8.04. The molecule has 4 aromatic carbocycles. The van der Waals surface area contributed by atoms with E-state index in [1.165, 1.54) is 18.4 Å². The second-order valence-corrected chi connectivity index (χ2v) is 14.6.